The molecule has 0 radical (unpaired) electrons. The lowest BCUT2D eigenvalue weighted by Crippen LogP contribution is -2.49. The van der Waals surface area contributed by atoms with Crippen LogP contribution in [0.1, 0.15) is 43.5 Å². The summed E-state index contributed by atoms with van der Waals surface area (Å²) in [5.74, 6) is -0.910. The number of benzene rings is 1. The molecule has 1 aromatic carbocycles. The van der Waals surface area contributed by atoms with E-state index in [4.69, 9.17) is 15.2 Å². The molecule has 1 aromatic rings. The van der Waals surface area contributed by atoms with Crippen molar-refractivity contribution in [2.45, 2.75) is 45.2 Å². The minimum Gasteiger partial charge on any atom is -0.484 e. The second kappa shape index (κ2) is 8.50. The van der Waals surface area contributed by atoms with Gasteiger partial charge in [0.1, 0.15) is 5.75 Å². The van der Waals surface area contributed by atoms with Crippen molar-refractivity contribution in [2.24, 2.45) is 5.73 Å². The molecule has 7 nitrogen and oxygen atoms in total. The molecular formula is C18H24N2O5. The molecule has 2 N–H and O–H groups in total. The molecule has 25 heavy (non-hydrogen) atoms. The summed E-state index contributed by atoms with van der Waals surface area (Å²) in [6, 6.07) is 6.63. The molecule has 0 saturated carbocycles. The van der Waals surface area contributed by atoms with E-state index in [0.717, 1.165) is 19.3 Å². The number of nitrogens with zero attached hydrogens (tertiary/aromatic N) is 1. The van der Waals surface area contributed by atoms with Gasteiger partial charge in [0.05, 0.1) is 5.56 Å². The Balaban J connectivity index is 1.87. The van der Waals surface area contributed by atoms with Crippen LogP contribution >= 0.6 is 0 Å². The van der Waals surface area contributed by atoms with Crippen LogP contribution in [0.3, 0.4) is 0 Å². The fraction of sp³-hybridized carbons (Fsp3) is 0.500. The quantitative estimate of drug-likeness (QED) is 0.786. The van der Waals surface area contributed by atoms with Crippen molar-refractivity contribution in [1.29, 1.82) is 0 Å². The molecule has 0 bridgehead atoms. The van der Waals surface area contributed by atoms with Gasteiger partial charge in [0.15, 0.2) is 13.2 Å². The first-order valence-corrected chi connectivity index (χ1v) is 8.38. The van der Waals surface area contributed by atoms with Crippen LogP contribution in [0, 0.1) is 0 Å². The number of carbonyl (C=O) groups is 3. The number of hydrogen-bond acceptors (Lipinski definition) is 5. The van der Waals surface area contributed by atoms with E-state index < -0.39 is 18.5 Å². The number of amides is 2. The number of likely N-dealkylation sites (tertiary alicyclic amines) is 1. The molecular weight excluding hydrogens is 324 g/mol. The van der Waals surface area contributed by atoms with E-state index in [0.29, 0.717) is 5.75 Å². The number of carbonyl (C=O) groups excluding carboxylic acids is 3. The molecule has 7 heteroatoms. The van der Waals surface area contributed by atoms with Gasteiger partial charge in [-0.2, -0.15) is 0 Å². The summed E-state index contributed by atoms with van der Waals surface area (Å²) in [6.45, 7) is 3.61. The minimum absolute atomic E-state index is 0.0374. The highest BCUT2D eigenvalue weighted by molar-refractivity contribution is 5.91. The first-order valence-electron chi connectivity index (χ1n) is 8.38. The van der Waals surface area contributed by atoms with Gasteiger partial charge >= 0.3 is 5.97 Å². The van der Waals surface area contributed by atoms with Crippen molar-refractivity contribution in [1.82, 2.24) is 4.90 Å². The summed E-state index contributed by atoms with van der Waals surface area (Å²) in [5, 5.41) is 0. The summed E-state index contributed by atoms with van der Waals surface area (Å²) < 4.78 is 10.2. The third-order valence-corrected chi connectivity index (χ3v) is 4.28. The molecule has 136 valence electrons. The lowest BCUT2D eigenvalue weighted by atomic mass is 9.97. The zero-order chi connectivity index (χ0) is 18.4. The maximum Gasteiger partial charge on any atom is 0.338 e. The van der Waals surface area contributed by atoms with Crippen LogP contribution in [-0.2, 0) is 14.3 Å². The van der Waals surface area contributed by atoms with E-state index >= 15 is 0 Å². The van der Waals surface area contributed by atoms with Crippen molar-refractivity contribution in [2.75, 3.05) is 13.2 Å². The topological polar surface area (TPSA) is 98.9 Å². The second-order valence-electron chi connectivity index (χ2n) is 6.29. The molecule has 1 saturated heterocycles. The van der Waals surface area contributed by atoms with Crippen LogP contribution in [0.5, 0.6) is 5.75 Å². The predicted molar refractivity (Wildman–Crippen MR) is 91.0 cm³/mol. The van der Waals surface area contributed by atoms with Gasteiger partial charge in [-0.05, 0) is 57.4 Å². The van der Waals surface area contributed by atoms with Crippen LogP contribution in [0.25, 0.3) is 0 Å². The van der Waals surface area contributed by atoms with Crippen LogP contribution in [0.2, 0.25) is 0 Å². The van der Waals surface area contributed by atoms with Crippen molar-refractivity contribution in [3.8, 4) is 5.75 Å². The molecule has 2 unspecified atom stereocenters. The Morgan fingerprint density at radius 3 is 2.24 bits per heavy atom. The monoisotopic (exact) mass is 348 g/mol. The zero-order valence-electron chi connectivity index (χ0n) is 14.6. The normalized spacial score (nSPS) is 20.0. The maximum absolute atomic E-state index is 12.4. The zero-order valence-corrected chi connectivity index (χ0v) is 14.6. The van der Waals surface area contributed by atoms with Gasteiger partial charge in [0.25, 0.3) is 11.8 Å². The van der Waals surface area contributed by atoms with Crippen LogP contribution in [0.4, 0.5) is 0 Å². The lowest BCUT2D eigenvalue weighted by Gasteiger charge is -2.38. The van der Waals surface area contributed by atoms with Gasteiger partial charge < -0.3 is 20.1 Å². The summed E-state index contributed by atoms with van der Waals surface area (Å²) in [4.78, 5) is 36.6. The highest BCUT2D eigenvalue weighted by atomic mass is 16.5. The number of esters is 1. The van der Waals surface area contributed by atoms with Gasteiger partial charge in [0, 0.05) is 12.1 Å². The van der Waals surface area contributed by atoms with Gasteiger partial charge in [0.2, 0.25) is 0 Å². The van der Waals surface area contributed by atoms with Gasteiger partial charge in [-0.3, -0.25) is 9.59 Å². The predicted octanol–water partition coefficient (Wildman–Crippen LogP) is 1.50. The van der Waals surface area contributed by atoms with Crippen molar-refractivity contribution < 1.29 is 23.9 Å². The Labute approximate surface area is 147 Å². The number of primary amides is 1. The van der Waals surface area contributed by atoms with Gasteiger partial charge in [-0.25, -0.2) is 4.79 Å². The fourth-order valence-corrected chi connectivity index (χ4v) is 3.04. The fourth-order valence-electron chi connectivity index (χ4n) is 3.04. The van der Waals surface area contributed by atoms with E-state index in [-0.39, 0.29) is 30.2 Å². The highest BCUT2D eigenvalue weighted by Crippen LogP contribution is 2.23. The Kier molecular flexibility index (Phi) is 6.38. The molecule has 1 heterocycles. The summed E-state index contributed by atoms with van der Waals surface area (Å²) in [7, 11) is 0. The first-order chi connectivity index (χ1) is 11.9. The third-order valence-electron chi connectivity index (χ3n) is 4.28. The summed E-state index contributed by atoms with van der Waals surface area (Å²) in [6.07, 6.45) is 3.16. The molecule has 2 amide bonds. The maximum atomic E-state index is 12.4. The number of hydrogen-bond donors (Lipinski definition) is 1. The Morgan fingerprint density at radius 1 is 1.08 bits per heavy atom. The summed E-state index contributed by atoms with van der Waals surface area (Å²) >= 11 is 0. The number of rotatable bonds is 6. The SMILES string of the molecule is CC1CCCC(C)N1C(=O)COc1ccc(C(=O)OCC(N)=O)cc1. The third kappa shape index (κ3) is 5.20. The largest absolute Gasteiger partial charge is 0.484 e. The van der Waals surface area contributed by atoms with E-state index in [1.807, 2.05) is 4.90 Å². The Morgan fingerprint density at radius 2 is 1.68 bits per heavy atom. The first kappa shape index (κ1) is 18.8. The van der Waals surface area contributed by atoms with E-state index in [2.05, 4.69) is 13.8 Å². The average Bonchev–Trinajstić information content (AvgIpc) is 2.58. The van der Waals surface area contributed by atoms with E-state index in [9.17, 15) is 14.4 Å². The molecule has 0 spiro atoms. The Bertz CT molecular complexity index is 619. The number of ether oxygens (including phenoxy) is 2. The van der Waals surface area contributed by atoms with Crippen molar-refractivity contribution >= 4 is 17.8 Å². The molecule has 0 aliphatic carbocycles. The molecule has 2 rings (SSSR count). The van der Waals surface area contributed by atoms with Crippen LogP contribution in [-0.4, -0.2) is 48.0 Å². The molecule has 1 fully saturated rings. The smallest absolute Gasteiger partial charge is 0.338 e. The number of nitrogens with two attached hydrogens (primary N) is 1. The molecule has 0 aromatic heterocycles. The van der Waals surface area contributed by atoms with Gasteiger partial charge in [-0.1, -0.05) is 0 Å². The van der Waals surface area contributed by atoms with E-state index in [1.54, 1.807) is 12.1 Å². The van der Waals surface area contributed by atoms with Crippen molar-refractivity contribution in [3.05, 3.63) is 29.8 Å². The van der Waals surface area contributed by atoms with Crippen LogP contribution < -0.4 is 10.5 Å². The van der Waals surface area contributed by atoms with Gasteiger partial charge in [-0.15, -0.1) is 0 Å². The Hall–Kier alpha value is -2.57. The molecule has 1 aliphatic heterocycles. The highest BCUT2D eigenvalue weighted by Gasteiger charge is 2.28. The molecule has 2 atom stereocenters. The van der Waals surface area contributed by atoms with Crippen LogP contribution in [0.15, 0.2) is 24.3 Å². The second-order valence-corrected chi connectivity index (χ2v) is 6.29. The minimum atomic E-state index is -0.715. The number of piperidine rings is 1. The molecule has 1 aliphatic rings. The van der Waals surface area contributed by atoms with Crippen molar-refractivity contribution in [3.63, 3.8) is 0 Å². The summed E-state index contributed by atoms with van der Waals surface area (Å²) in [5.41, 5.74) is 5.20. The standard InChI is InChI=1S/C18H24N2O5/c1-12-4-3-5-13(2)20(12)17(22)11-24-15-8-6-14(7-9-15)18(23)25-10-16(19)21/h6-9,12-13H,3-5,10-11H2,1-2H3,(H2,19,21). The average molecular weight is 348 g/mol. The lowest BCUT2D eigenvalue weighted by molar-refractivity contribution is -0.139. The van der Waals surface area contributed by atoms with E-state index in [1.165, 1.54) is 12.1 Å².